The summed E-state index contributed by atoms with van der Waals surface area (Å²) in [7, 11) is 0. The van der Waals surface area contributed by atoms with Gasteiger partial charge in [0.15, 0.2) is 0 Å². The van der Waals surface area contributed by atoms with Crippen LogP contribution in [0.4, 0.5) is 0 Å². The Kier molecular flexibility index (Phi) is 3.69. The van der Waals surface area contributed by atoms with Gasteiger partial charge in [0, 0.05) is 12.5 Å². The second-order valence-electron chi connectivity index (χ2n) is 3.86. The van der Waals surface area contributed by atoms with Gasteiger partial charge >= 0.3 is 0 Å². The van der Waals surface area contributed by atoms with Crippen molar-refractivity contribution < 1.29 is 9.90 Å². The van der Waals surface area contributed by atoms with Crippen molar-refractivity contribution in [2.45, 2.75) is 26.2 Å². The van der Waals surface area contributed by atoms with Crippen molar-refractivity contribution in [2.24, 2.45) is 23.6 Å². The Morgan fingerprint density at radius 2 is 2.31 bits per heavy atom. The molecule has 0 aromatic rings. The Labute approximate surface area is 78.5 Å². The Bertz CT molecular complexity index is 182. The van der Waals surface area contributed by atoms with Crippen molar-refractivity contribution in [1.29, 1.82) is 0 Å². The zero-order valence-corrected chi connectivity index (χ0v) is 7.99. The van der Waals surface area contributed by atoms with Crippen LogP contribution >= 0.6 is 0 Å². The summed E-state index contributed by atoms with van der Waals surface area (Å²) in [6.07, 6.45) is 2.80. The highest BCUT2D eigenvalue weighted by atomic mass is 16.3. The molecule has 1 aliphatic rings. The minimum absolute atomic E-state index is 0.00264. The topological polar surface area (TPSA) is 75.3 Å². The highest BCUT2D eigenvalue weighted by Gasteiger charge is 2.37. The Morgan fingerprint density at radius 1 is 1.62 bits per heavy atom. The van der Waals surface area contributed by atoms with E-state index >= 15 is 0 Å². The fourth-order valence-electron chi connectivity index (χ4n) is 2.36. The number of hydrazine groups is 1. The lowest BCUT2D eigenvalue weighted by Gasteiger charge is -2.19. The second kappa shape index (κ2) is 4.58. The Hall–Kier alpha value is -0.610. The van der Waals surface area contributed by atoms with Gasteiger partial charge in [0.05, 0.1) is 0 Å². The van der Waals surface area contributed by atoms with Gasteiger partial charge in [-0.25, -0.2) is 5.84 Å². The molecule has 0 unspecified atom stereocenters. The van der Waals surface area contributed by atoms with E-state index in [4.69, 9.17) is 10.9 Å². The molecule has 1 saturated carbocycles. The number of hydrogen-bond acceptors (Lipinski definition) is 3. The third kappa shape index (κ3) is 2.19. The average Bonchev–Trinajstić information content (AvgIpc) is 2.47. The highest BCUT2D eigenvalue weighted by molar-refractivity contribution is 5.78. The predicted octanol–water partition coefficient (Wildman–Crippen LogP) is 0.0210. The molecule has 0 aromatic heterocycles. The molecule has 4 nitrogen and oxygen atoms in total. The number of aliphatic hydroxyl groups excluding tert-OH is 1. The normalized spacial score (nSPS) is 33.3. The van der Waals surface area contributed by atoms with Gasteiger partial charge in [-0.3, -0.25) is 10.2 Å². The van der Waals surface area contributed by atoms with Gasteiger partial charge in [-0.1, -0.05) is 6.92 Å². The van der Waals surface area contributed by atoms with Crippen LogP contribution in [-0.2, 0) is 4.79 Å². The molecule has 1 rings (SSSR count). The second-order valence-corrected chi connectivity index (χ2v) is 3.86. The van der Waals surface area contributed by atoms with Crippen LogP contribution in [0.5, 0.6) is 0 Å². The quantitative estimate of drug-likeness (QED) is 0.330. The summed E-state index contributed by atoms with van der Waals surface area (Å²) in [6, 6.07) is 0. The molecule has 0 aliphatic heterocycles. The van der Waals surface area contributed by atoms with Crippen LogP contribution in [0, 0.1) is 17.8 Å². The molecule has 0 heterocycles. The van der Waals surface area contributed by atoms with Crippen LogP contribution < -0.4 is 11.3 Å². The number of rotatable bonds is 3. The molecule has 0 saturated heterocycles. The number of aliphatic hydroxyl groups is 1. The number of carbonyl (C=O) groups excluding carboxylic acids is 1. The number of nitrogens with one attached hydrogen (secondary N) is 1. The van der Waals surface area contributed by atoms with E-state index in [1.54, 1.807) is 0 Å². The molecule has 0 aromatic carbocycles. The summed E-state index contributed by atoms with van der Waals surface area (Å²) < 4.78 is 0. The fourth-order valence-corrected chi connectivity index (χ4v) is 2.36. The van der Waals surface area contributed by atoms with Crippen molar-refractivity contribution in [3.8, 4) is 0 Å². The van der Waals surface area contributed by atoms with Gasteiger partial charge in [0.2, 0.25) is 5.91 Å². The Morgan fingerprint density at radius 3 is 2.85 bits per heavy atom. The van der Waals surface area contributed by atoms with Crippen LogP contribution in [-0.4, -0.2) is 17.6 Å². The lowest BCUT2D eigenvalue weighted by Crippen LogP contribution is -2.39. The van der Waals surface area contributed by atoms with Gasteiger partial charge < -0.3 is 5.11 Å². The average molecular weight is 186 g/mol. The summed E-state index contributed by atoms with van der Waals surface area (Å²) in [5, 5.41) is 8.82. The van der Waals surface area contributed by atoms with Gasteiger partial charge in [-0.05, 0) is 31.1 Å². The summed E-state index contributed by atoms with van der Waals surface area (Å²) in [4.78, 5) is 11.4. The van der Waals surface area contributed by atoms with E-state index < -0.39 is 0 Å². The van der Waals surface area contributed by atoms with Crippen LogP contribution in [0.15, 0.2) is 0 Å². The zero-order valence-electron chi connectivity index (χ0n) is 7.99. The van der Waals surface area contributed by atoms with Crippen molar-refractivity contribution in [3.05, 3.63) is 0 Å². The standard InChI is InChI=1S/C9H18N2O2/c1-6-2-3-7(4-5-12)8(6)9(13)11-10/h6-8,12H,2-5,10H2,1H3,(H,11,13)/t6-,7-,8-/m1/s1. The van der Waals surface area contributed by atoms with Crippen LogP contribution in [0.3, 0.4) is 0 Å². The lowest BCUT2D eigenvalue weighted by molar-refractivity contribution is -0.127. The van der Waals surface area contributed by atoms with Gasteiger partial charge in [0.25, 0.3) is 0 Å². The van der Waals surface area contributed by atoms with E-state index in [2.05, 4.69) is 12.3 Å². The van der Waals surface area contributed by atoms with Crippen molar-refractivity contribution in [3.63, 3.8) is 0 Å². The molecule has 4 heteroatoms. The summed E-state index contributed by atoms with van der Waals surface area (Å²) >= 11 is 0. The maximum Gasteiger partial charge on any atom is 0.237 e. The first-order valence-electron chi connectivity index (χ1n) is 4.82. The largest absolute Gasteiger partial charge is 0.396 e. The molecule has 13 heavy (non-hydrogen) atoms. The number of amides is 1. The van der Waals surface area contributed by atoms with E-state index in [1.165, 1.54) is 0 Å². The molecule has 3 atom stereocenters. The molecule has 0 spiro atoms. The van der Waals surface area contributed by atoms with E-state index in [1.807, 2.05) is 0 Å². The third-order valence-electron chi connectivity index (χ3n) is 3.06. The van der Waals surface area contributed by atoms with Gasteiger partial charge in [0.1, 0.15) is 0 Å². The molecular formula is C9H18N2O2. The maximum absolute atomic E-state index is 11.4. The lowest BCUT2D eigenvalue weighted by atomic mass is 9.88. The molecule has 0 radical (unpaired) electrons. The number of carbonyl (C=O) groups is 1. The first-order chi connectivity index (χ1) is 6.20. The SMILES string of the molecule is C[C@@H]1CC[C@H](CCO)[C@@H]1C(=O)NN. The number of hydrogen-bond donors (Lipinski definition) is 3. The molecule has 1 amide bonds. The minimum Gasteiger partial charge on any atom is -0.396 e. The summed E-state index contributed by atoms with van der Waals surface area (Å²) in [5.41, 5.74) is 2.21. The molecule has 4 N–H and O–H groups in total. The molecule has 0 bridgehead atoms. The Balaban J connectivity index is 2.59. The van der Waals surface area contributed by atoms with E-state index in [0.29, 0.717) is 18.3 Å². The maximum atomic E-state index is 11.4. The first kappa shape index (κ1) is 10.5. The van der Waals surface area contributed by atoms with Crippen molar-refractivity contribution in [2.75, 3.05) is 6.61 Å². The molecular weight excluding hydrogens is 168 g/mol. The highest BCUT2D eigenvalue weighted by Crippen LogP contribution is 2.38. The minimum atomic E-state index is -0.0801. The van der Waals surface area contributed by atoms with Crippen LogP contribution in [0.1, 0.15) is 26.2 Å². The van der Waals surface area contributed by atoms with Crippen LogP contribution in [0.2, 0.25) is 0 Å². The molecule has 76 valence electrons. The third-order valence-corrected chi connectivity index (χ3v) is 3.06. The first-order valence-corrected chi connectivity index (χ1v) is 4.82. The predicted molar refractivity (Wildman–Crippen MR) is 49.4 cm³/mol. The van der Waals surface area contributed by atoms with E-state index in [0.717, 1.165) is 12.8 Å². The van der Waals surface area contributed by atoms with E-state index in [9.17, 15) is 4.79 Å². The van der Waals surface area contributed by atoms with Crippen LogP contribution in [0.25, 0.3) is 0 Å². The van der Waals surface area contributed by atoms with Crippen molar-refractivity contribution >= 4 is 5.91 Å². The summed E-state index contributed by atoms with van der Waals surface area (Å²) in [5.74, 6) is 5.73. The zero-order chi connectivity index (χ0) is 9.84. The summed E-state index contributed by atoms with van der Waals surface area (Å²) in [6.45, 7) is 2.23. The molecule has 1 aliphatic carbocycles. The fraction of sp³-hybridized carbons (Fsp3) is 0.889. The molecule has 1 fully saturated rings. The number of nitrogens with two attached hydrogens (primary N) is 1. The monoisotopic (exact) mass is 186 g/mol. The van der Waals surface area contributed by atoms with E-state index in [-0.39, 0.29) is 18.4 Å². The smallest absolute Gasteiger partial charge is 0.237 e. The van der Waals surface area contributed by atoms with Gasteiger partial charge in [-0.15, -0.1) is 0 Å². The van der Waals surface area contributed by atoms with Gasteiger partial charge in [-0.2, -0.15) is 0 Å². The van der Waals surface area contributed by atoms with Crippen molar-refractivity contribution in [1.82, 2.24) is 5.43 Å².